The van der Waals surface area contributed by atoms with Crippen LogP contribution in [0.5, 0.6) is 0 Å². The monoisotopic (exact) mass is 265 g/mol. The van der Waals surface area contributed by atoms with E-state index in [-0.39, 0.29) is 0 Å². The Kier molecular flexibility index (Phi) is 2.42. The maximum absolute atomic E-state index is 5.51. The molecule has 0 amide bonds. The summed E-state index contributed by atoms with van der Waals surface area (Å²) in [6.07, 6.45) is 2.67. The van der Waals surface area contributed by atoms with E-state index in [4.69, 9.17) is 9.52 Å². The highest BCUT2D eigenvalue weighted by atomic mass is 16.3. The Morgan fingerprint density at radius 1 is 1.25 bits per heavy atom. The van der Waals surface area contributed by atoms with Crippen molar-refractivity contribution >= 4 is 5.82 Å². The number of nitrogens with one attached hydrogen (secondary N) is 1. The molecule has 0 saturated carbocycles. The van der Waals surface area contributed by atoms with E-state index >= 15 is 0 Å². The van der Waals surface area contributed by atoms with Crippen LogP contribution in [-0.2, 0) is 6.42 Å². The third-order valence-corrected chi connectivity index (χ3v) is 3.65. The highest BCUT2D eigenvalue weighted by molar-refractivity contribution is 5.69. The van der Waals surface area contributed by atoms with Crippen LogP contribution < -0.4 is 5.32 Å². The second-order valence-electron chi connectivity index (χ2n) is 5.08. The Morgan fingerprint density at radius 2 is 2.20 bits per heavy atom. The van der Waals surface area contributed by atoms with Gasteiger partial charge in [0, 0.05) is 12.1 Å². The molecule has 2 aromatic heterocycles. The lowest BCUT2D eigenvalue weighted by Gasteiger charge is -2.06. The molecule has 4 heteroatoms. The van der Waals surface area contributed by atoms with E-state index in [1.807, 2.05) is 16.8 Å². The fourth-order valence-electron chi connectivity index (χ4n) is 2.73. The van der Waals surface area contributed by atoms with Crippen LogP contribution in [0.2, 0.25) is 0 Å². The van der Waals surface area contributed by atoms with Crippen molar-refractivity contribution in [3.63, 3.8) is 0 Å². The molecule has 20 heavy (non-hydrogen) atoms. The van der Waals surface area contributed by atoms with Crippen LogP contribution in [0.15, 0.2) is 47.1 Å². The number of benzene rings is 1. The minimum Gasteiger partial charge on any atom is -0.463 e. The van der Waals surface area contributed by atoms with Gasteiger partial charge in [0.1, 0.15) is 11.5 Å². The Bertz CT molecular complexity index is 756. The third-order valence-electron chi connectivity index (χ3n) is 3.65. The number of anilines is 1. The minimum atomic E-state index is 0.830. The molecule has 0 spiro atoms. The van der Waals surface area contributed by atoms with E-state index < -0.39 is 0 Å². The predicted octanol–water partition coefficient (Wildman–Crippen LogP) is 3.41. The molecule has 4 rings (SSSR count). The van der Waals surface area contributed by atoms with E-state index in [1.165, 1.54) is 11.1 Å². The Hall–Kier alpha value is -2.49. The highest BCUT2D eigenvalue weighted by Gasteiger charge is 2.25. The molecule has 1 aliphatic rings. The van der Waals surface area contributed by atoms with Crippen LogP contribution in [0.1, 0.15) is 11.1 Å². The first-order chi connectivity index (χ1) is 9.83. The summed E-state index contributed by atoms with van der Waals surface area (Å²) in [5.74, 6) is 1.92. The second kappa shape index (κ2) is 4.27. The molecule has 0 bridgehead atoms. The lowest BCUT2D eigenvalue weighted by molar-refractivity contribution is 0.578. The van der Waals surface area contributed by atoms with Gasteiger partial charge in [0.05, 0.1) is 12.0 Å². The molecule has 0 unspecified atom stereocenters. The zero-order chi connectivity index (χ0) is 13.5. The van der Waals surface area contributed by atoms with Crippen molar-refractivity contribution in [2.24, 2.45) is 0 Å². The summed E-state index contributed by atoms with van der Waals surface area (Å²) in [4.78, 5) is 0. The van der Waals surface area contributed by atoms with Crippen LogP contribution >= 0.6 is 0 Å². The lowest BCUT2D eigenvalue weighted by atomic mass is 10.1. The number of nitrogens with zero attached hydrogens (tertiary/aromatic N) is 2. The van der Waals surface area contributed by atoms with Gasteiger partial charge in [0.2, 0.25) is 0 Å². The lowest BCUT2D eigenvalue weighted by Crippen LogP contribution is -2.04. The first-order valence-corrected chi connectivity index (χ1v) is 6.79. The molecule has 0 atom stereocenters. The summed E-state index contributed by atoms with van der Waals surface area (Å²) >= 11 is 0. The Balaban J connectivity index is 1.92. The Morgan fingerprint density at radius 3 is 3.00 bits per heavy atom. The molecule has 0 fully saturated rings. The standard InChI is InChI=1S/C16H15N3O/c1-11-4-2-5-12(10-11)19-16-13(7-8-17-16)15(18-19)14-6-3-9-20-14/h2-6,9-10,17H,7-8H2,1H3. The van der Waals surface area contributed by atoms with E-state index in [0.717, 1.165) is 35.9 Å². The van der Waals surface area contributed by atoms with Gasteiger partial charge in [0.25, 0.3) is 0 Å². The normalized spacial score (nSPS) is 13.2. The number of furan rings is 1. The second-order valence-corrected chi connectivity index (χ2v) is 5.08. The molecule has 1 aliphatic heterocycles. The number of fused-ring (bicyclic) bond motifs is 1. The van der Waals surface area contributed by atoms with E-state index in [0.29, 0.717) is 0 Å². The van der Waals surface area contributed by atoms with Gasteiger partial charge in [-0.3, -0.25) is 0 Å². The van der Waals surface area contributed by atoms with E-state index in [1.54, 1.807) is 6.26 Å². The van der Waals surface area contributed by atoms with Crippen molar-refractivity contribution in [3.05, 3.63) is 53.8 Å². The summed E-state index contributed by atoms with van der Waals surface area (Å²) in [6.45, 7) is 3.04. The molecule has 4 nitrogen and oxygen atoms in total. The zero-order valence-corrected chi connectivity index (χ0v) is 11.3. The molecular weight excluding hydrogens is 250 g/mol. The summed E-state index contributed by atoms with van der Waals surface area (Å²) in [6, 6.07) is 12.2. The molecule has 0 radical (unpaired) electrons. The minimum absolute atomic E-state index is 0.830. The van der Waals surface area contributed by atoms with Crippen molar-refractivity contribution < 1.29 is 4.42 Å². The molecule has 100 valence electrons. The third kappa shape index (κ3) is 1.65. The summed E-state index contributed by atoms with van der Waals surface area (Å²) < 4.78 is 7.49. The van der Waals surface area contributed by atoms with Crippen molar-refractivity contribution in [2.75, 3.05) is 11.9 Å². The maximum atomic E-state index is 5.51. The van der Waals surface area contributed by atoms with Gasteiger partial charge in [0.15, 0.2) is 5.76 Å². The average molecular weight is 265 g/mol. The SMILES string of the molecule is Cc1cccc(-n2nc(-c3ccco3)c3c2NCC3)c1. The molecule has 0 saturated heterocycles. The molecule has 1 aromatic carbocycles. The first-order valence-electron chi connectivity index (χ1n) is 6.79. The van der Waals surface area contributed by atoms with Gasteiger partial charge < -0.3 is 9.73 Å². The summed E-state index contributed by atoms with van der Waals surface area (Å²) in [5.41, 5.74) is 4.48. The maximum Gasteiger partial charge on any atom is 0.154 e. The van der Waals surface area contributed by atoms with Gasteiger partial charge in [-0.15, -0.1) is 0 Å². The highest BCUT2D eigenvalue weighted by Crippen LogP contribution is 2.34. The van der Waals surface area contributed by atoms with Crippen molar-refractivity contribution in [3.8, 4) is 17.1 Å². The average Bonchev–Trinajstić information content (AvgIpc) is 3.15. The van der Waals surface area contributed by atoms with Crippen molar-refractivity contribution in [1.82, 2.24) is 9.78 Å². The van der Waals surface area contributed by atoms with Crippen LogP contribution in [0, 0.1) is 6.92 Å². The number of aryl methyl sites for hydroxylation is 1. The quantitative estimate of drug-likeness (QED) is 0.772. The summed E-state index contributed by atoms with van der Waals surface area (Å²) in [5, 5.41) is 8.17. The topological polar surface area (TPSA) is 43.0 Å². The zero-order valence-electron chi connectivity index (χ0n) is 11.3. The largest absolute Gasteiger partial charge is 0.463 e. The smallest absolute Gasteiger partial charge is 0.154 e. The van der Waals surface area contributed by atoms with Gasteiger partial charge in [-0.25, -0.2) is 4.68 Å². The molecule has 0 aliphatic carbocycles. The molecule has 1 N–H and O–H groups in total. The van der Waals surface area contributed by atoms with Crippen molar-refractivity contribution in [2.45, 2.75) is 13.3 Å². The van der Waals surface area contributed by atoms with Crippen LogP contribution in [0.4, 0.5) is 5.82 Å². The number of rotatable bonds is 2. The number of aromatic nitrogens is 2. The van der Waals surface area contributed by atoms with Crippen LogP contribution in [0.3, 0.4) is 0 Å². The summed E-state index contributed by atoms with van der Waals surface area (Å²) in [7, 11) is 0. The predicted molar refractivity (Wildman–Crippen MR) is 78.2 cm³/mol. The van der Waals surface area contributed by atoms with Crippen molar-refractivity contribution in [1.29, 1.82) is 0 Å². The van der Waals surface area contributed by atoms with Gasteiger partial charge in [-0.05, 0) is 43.2 Å². The molecule has 3 heterocycles. The van der Waals surface area contributed by atoms with Gasteiger partial charge >= 0.3 is 0 Å². The number of hydrogen-bond donors (Lipinski definition) is 1. The first kappa shape index (κ1) is 11.3. The molecule has 3 aromatic rings. The Labute approximate surface area is 117 Å². The fourth-order valence-corrected chi connectivity index (χ4v) is 2.73. The van der Waals surface area contributed by atoms with E-state index in [9.17, 15) is 0 Å². The number of hydrogen-bond acceptors (Lipinski definition) is 3. The van der Waals surface area contributed by atoms with Crippen LogP contribution in [0.25, 0.3) is 17.1 Å². The fraction of sp³-hybridized carbons (Fsp3) is 0.188. The van der Waals surface area contributed by atoms with E-state index in [2.05, 4.69) is 36.5 Å². The molecular formula is C16H15N3O. The van der Waals surface area contributed by atoms with Crippen LogP contribution in [-0.4, -0.2) is 16.3 Å². The van der Waals surface area contributed by atoms with Gasteiger partial charge in [-0.1, -0.05) is 12.1 Å². The van der Waals surface area contributed by atoms with Gasteiger partial charge in [-0.2, -0.15) is 5.10 Å².